The Hall–Kier alpha value is -4.26. The summed E-state index contributed by atoms with van der Waals surface area (Å²) in [5.41, 5.74) is 4.73. The van der Waals surface area contributed by atoms with Crippen molar-refractivity contribution in [2.24, 2.45) is 5.92 Å². The third-order valence-corrected chi connectivity index (χ3v) is 9.75. The summed E-state index contributed by atoms with van der Waals surface area (Å²) in [6, 6.07) is 20.3. The summed E-state index contributed by atoms with van der Waals surface area (Å²) >= 11 is 1.31. The Morgan fingerprint density at radius 3 is 2.69 bits per heavy atom. The molecule has 0 radical (unpaired) electrons. The summed E-state index contributed by atoms with van der Waals surface area (Å²) in [7, 11) is -2.69. The molecule has 1 aliphatic carbocycles. The highest BCUT2D eigenvalue weighted by molar-refractivity contribution is 7.90. The maximum Gasteiger partial charge on any atom is 0.309 e. The fourth-order valence-corrected chi connectivity index (χ4v) is 7.42. The van der Waals surface area contributed by atoms with Crippen molar-refractivity contribution in [1.29, 1.82) is 5.26 Å². The topological polar surface area (TPSA) is 102 Å². The lowest BCUT2D eigenvalue weighted by Gasteiger charge is -2.15. The van der Waals surface area contributed by atoms with Crippen molar-refractivity contribution in [3.05, 3.63) is 94.4 Å². The van der Waals surface area contributed by atoms with E-state index in [-0.39, 0.29) is 22.7 Å². The molecule has 0 amide bonds. The second kappa shape index (κ2) is 9.49. The van der Waals surface area contributed by atoms with Gasteiger partial charge in [0, 0.05) is 28.3 Å². The molecule has 3 heterocycles. The zero-order valence-electron chi connectivity index (χ0n) is 21.2. The monoisotopic (exact) mass is 553 g/mol. The van der Waals surface area contributed by atoms with Crippen LogP contribution in [-0.4, -0.2) is 30.5 Å². The highest BCUT2D eigenvalue weighted by atomic mass is 32.2. The van der Waals surface area contributed by atoms with Gasteiger partial charge in [-0.15, -0.1) is 11.3 Å². The number of nitriles is 1. The van der Waals surface area contributed by atoms with Gasteiger partial charge in [-0.05, 0) is 60.5 Å². The molecule has 2 atom stereocenters. The summed E-state index contributed by atoms with van der Waals surface area (Å²) in [6.45, 7) is 1.90. The first-order valence-corrected chi connectivity index (χ1v) is 14.6. The standard InChI is InChI=1S/C30H23N3O4S2/c1-18-6-8-21(9-7-18)39(35,36)33-26-17-32-12-10-22(26)28(23-11-13-38-27(23)16-31)29(33)20-5-3-4-19(14-20)24-15-25(24)30(34)37-2/h3-14,17,24-25H,15H2,1-2H3. The molecule has 0 saturated heterocycles. The number of aromatic nitrogens is 2. The van der Waals surface area contributed by atoms with Gasteiger partial charge in [-0.1, -0.05) is 35.9 Å². The summed E-state index contributed by atoms with van der Waals surface area (Å²) < 4.78 is 34.9. The molecule has 0 spiro atoms. The van der Waals surface area contributed by atoms with E-state index in [1.807, 2.05) is 42.6 Å². The maximum absolute atomic E-state index is 14.3. The quantitative estimate of drug-likeness (QED) is 0.235. The number of carbonyl (C=O) groups is 1. The zero-order valence-corrected chi connectivity index (χ0v) is 22.8. The fraction of sp³-hybridized carbons (Fsp3) is 0.167. The number of fused-ring (bicyclic) bond motifs is 1. The predicted molar refractivity (Wildman–Crippen MR) is 150 cm³/mol. The number of nitrogens with zero attached hydrogens (tertiary/aromatic N) is 3. The molecule has 9 heteroatoms. The molecule has 0 bridgehead atoms. The van der Waals surface area contributed by atoms with Crippen LogP contribution in [0.4, 0.5) is 0 Å². The minimum Gasteiger partial charge on any atom is -0.469 e. The van der Waals surface area contributed by atoms with Gasteiger partial charge in [0.05, 0.1) is 35.3 Å². The van der Waals surface area contributed by atoms with Gasteiger partial charge < -0.3 is 4.74 Å². The average molecular weight is 554 g/mol. The van der Waals surface area contributed by atoms with E-state index in [2.05, 4.69) is 11.1 Å². The summed E-state index contributed by atoms with van der Waals surface area (Å²) in [4.78, 5) is 17.0. The van der Waals surface area contributed by atoms with Crippen LogP contribution in [0.1, 0.15) is 28.3 Å². The molecule has 2 aromatic carbocycles. The van der Waals surface area contributed by atoms with E-state index in [1.165, 1.54) is 22.4 Å². The van der Waals surface area contributed by atoms with Crippen LogP contribution in [0.15, 0.2) is 83.3 Å². The van der Waals surface area contributed by atoms with Crippen molar-refractivity contribution >= 4 is 38.2 Å². The second-order valence-corrected chi connectivity index (χ2v) is 12.3. The molecule has 0 aliphatic heterocycles. The molecule has 6 rings (SSSR count). The van der Waals surface area contributed by atoms with Gasteiger partial charge in [-0.3, -0.25) is 9.78 Å². The first-order valence-electron chi connectivity index (χ1n) is 12.3. The first kappa shape index (κ1) is 25.0. The third kappa shape index (κ3) is 4.13. The number of benzene rings is 2. The second-order valence-electron chi connectivity index (χ2n) is 9.57. The Balaban J connectivity index is 1.67. The van der Waals surface area contributed by atoms with Crippen LogP contribution < -0.4 is 0 Å². The molecule has 2 unspecified atom stereocenters. The highest BCUT2D eigenvalue weighted by Gasteiger charge is 2.45. The predicted octanol–water partition coefficient (Wildman–Crippen LogP) is 6.13. The van der Waals surface area contributed by atoms with Crippen molar-refractivity contribution in [2.45, 2.75) is 24.2 Å². The number of methoxy groups -OCH3 is 1. The van der Waals surface area contributed by atoms with Gasteiger partial charge in [0.15, 0.2) is 0 Å². The van der Waals surface area contributed by atoms with Crippen LogP contribution in [0.2, 0.25) is 0 Å². The van der Waals surface area contributed by atoms with Crippen molar-refractivity contribution in [1.82, 2.24) is 8.96 Å². The fourth-order valence-electron chi connectivity index (χ4n) is 5.19. The van der Waals surface area contributed by atoms with E-state index in [0.717, 1.165) is 11.1 Å². The lowest BCUT2D eigenvalue weighted by atomic mass is 9.97. The molecule has 7 nitrogen and oxygen atoms in total. The van der Waals surface area contributed by atoms with Crippen molar-refractivity contribution in [2.75, 3.05) is 7.11 Å². The van der Waals surface area contributed by atoms with Gasteiger partial charge in [0.25, 0.3) is 10.0 Å². The molecule has 1 aliphatic rings. The normalized spacial score (nSPS) is 16.6. The molecule has 1 fully saturated rings. The SMILES string of the molecule is COC(=O)C1CC1c1cccc(-c2c(-c3ccsc3C#N)c3ccncc3n2S(=O)(=O)c2ccc(C)cc2)c1. The minimum absolute atomic E-state index is 0.00451. The molecular weight excluding hydrogens is 530 g/mol. The maximum atomic E-state index is 14.3. The minimum atomic E-state index is -4.07. The number of pyridine rings is 1. The van der Waals surface area contributed by atoms with Gasteiger partial charge in [0.1, 0.15) is 10.9 Å². The number of hydrogen-bond donors (Lipinski definition) is 0. The third-order valence-electron chi connectivity index (χ3n) is 7.21. The van der Waals surface area contributed by atoms with Crippen LogP contribution in [0.25, 0.3) is 33.3 Å². The number of thiophene rings is 1. The number of ether oxygens (including phenoxy) is 1. The van der Waals surface area contributed by atoms with Crippen LogP contribution in [0.5, 0.6) is 0 Å². The molecule has 3 aromatic heterocycles. The van der Waals surface area contributed by atoms with Crippen LogP contribution in [0, 0.1) is 24.2 Å². The summed E-state index contributed by atoms with van der Waals surface area (Å²) in [5.74, 6) is -0.451. The molecular formula is C30H23N3O4S2. The number of rotatable bonds is 6. The van der Waals surface area contributed by atoms with E-state index in [1.54, 1.807) is 42.7 Å². The van der Waals surface area contributed by atoms with Crippen molar-refractivity contribution in [3.8, 4) is 28.5 Å². The Morgan fingerprint density at radius 1 is 1.15 bits per heavy atom. The number of carbonyl (C=O) groups excluding carboxylic acids is 1. The van der Waals surface area contributed by atoms with Gasteiger partial charge in [-0.25, -0.2) is 12.4 Å². The smallest absolute Gasteiger partial charge is 0.309 e. The molecule has 1 saturated carbocycles. The number of esters is 1. The largest absolute Gasteiger partial charge is 0.469 e. The van der Waals surface area contributed by atoms with Gasteiger partial charge >= 0.3 is 5.97 Å². The van der Waals surface area contributed by atoms with Crippen LogP contribution in [-0.2, 0) is 19.6 Å². The Bertz CT molecular complexity index is 1900. The molecule has 194 valence electrons. The van der Waals surface area contributed by atoms with Crippen molar-refractivity contribution in [3.63, 3.8) is 0 Å². The lowest BCUT2D eigenvalue weighted by molar-refractivity contribution is -0.142. The van der Waals surface area contributed by atoms with Gasteiger partial charge in [0.2, 0.25) is 0 Å². The zero-order chi connectivity index (χ0) is 27.3. The van der Waals surface area contributed by atoms with E-state index < -0.39 is 10.0 Å². The van der Waals surface area contributed by atoms with E-state index >= 15 is 0 Å². The Kier molecular flexibility index (Phi) is 6.09. The van der Waals surface area contributed by atoms with E-state index in [4.69, 9.17) is 4.74 Å². The van der Waals surface area contributed by atoms with E-state index in [0.29, 0.717) is 44.6 Å². The van der Waals surface area contributed by atoms with Crippen LogP contribution >= 0.6 is 11.3 Å². The number of hydrogen-bond acceptors (Lipinski definition) is 7. The Labute approximate surface area is 230 Å². The number of aryl methyl sites for hydroxylation is 1. The highest BCUT2D eigenvalue weighted by Crippen LogP contribution is 2.50. The molecule has 5 aromatic rings. The lowest BCUT2D eigenvalue weighted by Crippen LogP contribution is -2.14. The Morgan fingerprint density at radius 2 is 1.95 bits per heavy atom. The summed E-state index contributed by atoms with van der Waals surface area (Å²) in [5, 5.41) is 12.4. The molecule has 39 heavy (non-hydrogen) atoms. The van der Waals surface area contributed by atoms with Crippen molar-refractivity contribution < 1.29 is 17.9 Å². The molecule has 0 N–H and O–H groups in total. The summed E-state index contributed by atoms with van der Waals surface area (Å²) in [6.07, 6.45) is 3.85. The van der Waals surface area contributed by atoms with Crippen LogP contribution in [0.3, 0.4) is 0 Å². The van der Waals surface area contributed by atoms with E-state index in [9.17, 15) is 18.5 Å². The first-order chi connectivity index (χ1) is 18.8. The average Bonchev–Trinajstić information content (AvgIpc) is 3.48. The van der Waals surface area contributed by atoms with Gasteiger partial charge in [-0.2, -0.15) is 5.26 Å².